The highest BCUT2D eigenvalue weighted by Gasteiger charge is 2.20. The maximum absolute atomic E-state index is 12.4. The normalized spacial score (nSPS) is 10.5. The summed E-state index contributed by atoms with van der Waals surface area (Å²) in [6.07, 6.45) is 0. The van der Waals surface area contributed by atoms with Crippen LogP contribution in [0.2, 0.25) is 0 Å². The molecule has 0 spiro atoms. The summed E-state index contributed by atoms with van der Waals surface area (Å²) in [6.45, 7) is 1.52. The van der Waals surface area contributed by atoms with Gasteiger partial charge >= 0.3 is 17.9 Å². The molecule has 0 aliphatic heterocycles. The van der Waals surface area contributed by atoms with E-state index in [2.05, 4.69) is 4.74 Å². The number of esters is 3. The van der Waals surface area contributed by atoms with Crippen molar-refractivity contribution in [1.29, 1.82) is 0 Å². The van der Waals surface area contributed by atoms with Gasteiger partial charge in [-0.2, -0.15) is 0 Å². The molecule has 0 amide bonds. The van der Waals surface area contributed by atoms with Gasteiger partial charge in [0.1, 0.15) is 12.2 Å². The summed E-state index contributed by atoms with van der Waals surface area (Å²) >= 11 is 0. The molecule has 31 heavy (non-hydrogen) atoms. The second kappa shape index (κ2) is 9.08. The molecule has 0 saturated carbocycles. The zero-order chi connectivity index (χ0) is 22.5. The molecular weight excluding hydrogens is 410 g/mol. The van der Waals surface area contributed by atoms with Gasteiger partial charge in [-0.15, -0.1) is 0 Å². The van der Waals surface area contributed by atoms with Crippen LogP contribution >= 0.6 is 0 Å². The average molecular weight is 427 g/mol. The Balaban J connectivity index is 1.79. The van der Waals surface area contributed by atoms with Crippen molar-refractivity contribution in [1.82, 2.24) is 0 Å². The SMILES string of the molecule is CCOC(=O)c1cc(C(=O)OCc2ccc3oc(C(=O)OC)cc3c2)cc([N+](=O)[O-])c1. The molecule has 10 nitrogen and oxygen atoms in total. The van der Waals surface area contributed by atoms with Crippen LogP contribution in [0.4, 0.5) is 5.69 Å². The van der Waals surface area contributed by atoms with E-state index in [1.54, 1.807) is 25.1 Å². The number of methoxy groups -OCH3 is 1. The van der Waals surface area contributed by atoms with Gasteiger partial charge in [-0.3, -0.25) is 10.1 Å². The number of benzene rings is 2. The Morgan fingerprint density at radius 3 is 2.26 bits per heavy atom. The second-order valence-corrected chi connectivity index (χ2v) is 6.30. The zero-order valence-corrected chi connectivity index (χ0v) is 16.6. The smallest absolute Gasteiger partial charge is 0.373 e. The second-order valence-electron chi connectivity index (χ2n) is 6.30. The molecule has 0 bridgehead atoms. The maximum Gasteiger partial charge on any atom is 0.373 e. The molecule has 10 heteroatoms. The third-order valence-electron chi connectivity index (χ3n) is 4.21. The third-order valence-corrected chi connectivity index (χ3v) is 4.21. The number of non-ortho nitro benzene ring substituents is 1. The van der Waals surface area contributed by atoms with Gasteiger partial charge in [0, 0.05) is 17.5 Å². The first-order valence-corrected chi connectivity index (χ1v) is 9.07. The molecule has 3 aromatic rings. The van der Waals surface area contributed by atoms with Crippen LogP contribution in [0.25, 0.3) is 11.0 Å². The van der Waals surface area contributed by atoms with Crippen molar-refractivity contribution in [3.8, 4) is 0 Å². The molecule has 0 fully saturated rings. The van der Waals surface area contributed by atoms with E-state index in [0.717, 1.165) is 12.1 Å². The third kappa shape index (κ3) is 4.86. The van der Waals surface area contributed by atoms with Gasteiger partial charge in [0.15, 0.2) is 0 Å². The quantitative estimate of drug-likeness (QED) is 0.239. The van der Waals surface area contributed by atoms with E-state index in [1.807, 2.05) is 0 Å². The summed E-state index contributed by atoms with van der Waals surface area (Å²) in [5, 5.41) is 11.7. The van der Waals surface area contributed by atoms with Gasteiger partial charge < -0.3 is 18.6 Å². The van der Waals surface area contributed by atoms with Gasteiger partial charge in [0.05, 0.1) is 29.8 Å². The number of hydrogen-bond acceptors (Lipinski definition) is 9. The Bertz CT molecular complexity index is 1180. The fourth-order valence-electron chi connectivity index (χ4n) is 2.78. The minimum Gasteiger partial charge on any atom is -0.463 e. The van der Waals surface area contributed by atoms with Gasteiger partial charge in [-0.1, -0.05) is 6.07 Å². The summed E-state index contributed by atoms with van der Waals surface area (Å²) in [7, 11) is 1.24. The molecule has 0 unspecified atom stereocenters. The summed E-state index contributed by atoms with van der Waals surface area (Å²) in [5.41, 5.74) is 0.322. The van der Waals surface area contributed by atoms with Crippen molar-refractivity contribution < 1.29 is 37.9 Å². The molecular formula is C21H17NO9. The van der Waals surface area contributed by atoms with Crippen molar-refractivity contribution >= 4 is 34.6 Å². The van der Waals surface area contributed by atoms with E-state index in [1.165, 1.54) is 19.2 Å². The minimum absolute atomic E-state index is 0.0368. The predicted octanol–water partition coefficient (Wildman–Crippen LogP) is 3.66. The molecule has 0 saturated heterocycles. The van der Waals surface area contributed by atoms with Crippen LogP contribution in [0.5, 0.6) is 0 Å². The van der Waals surface area contributed by atoms with Crippen LogP contribution in [0.1, 0.15) is 43.8 Å². The molecule has 0 aliphatic carbocycles. The predicted molar refractivity (Wildman–Crippen MR) is 106 cm³/mol. The van der Waals surface area contributed by atoms with E-state index in [9.17, 15) is 24.5 Å². The first kappa shape index (κ1) is 21.5. The van der Waals surface area contributed by atoms with E-state index >= 15 is 0 Å². The topological polar surface area (TPSA) is 135 Å². The van der Waals surface area contributed by atoms with E-state index in [0.29, 0.717) is 16.5 Å². The monoisotopic (exact) mass is 427 g/mol. The lowest BCUT2D eigenvalue weighted by molar-refractivity contribution is -0.384. The lowest BCUT2D eigenvalue weighted by Gasteiger charge is -2.07. The number of nitro groups is 1. The number of hydrogen-bond donors (Lipinski definition) is 0. The number of rotatable bonds is 7. The van der Waals surface area contributed by atoms with Crippen molar-refractivity contribution in [2.24, 2.45) is 0 Å². The van der Waals surface area contributed by atoms with E-state index < -0.39 is 28.5 Å². The Labute approximate surface area is 175 Å². The number of nitrogens with zero attached hydrogens (tertiary/aromatic N) is 1. The first-order valence-electron chi connectivity index (χ1n) is 9.07. The standard InChI is InChI=1S/C21H17NO9/c1-3-29-19(23)14-7-15(9-16(8-14)22(26)27)20(24)30-11-12-4-5-17-13(6-12)10-18(31-17)21(25)28-2/h4-10H,3,11H2,1-2H3. The van der Waals surface area contributed by atoms with Crippen LogP contribution < -0.4 is 0 Å². The Kier molecular flexibility index (Phi) is 6.29. The lowest BCUT2D eigenvalue weighted by Crippen LogP contribution is -2.10. The Hall–Kier alpha value is -4.21. The molecule has 0 N–H and O–H groups in total. The summed E-state index contributed by atoms with van der Waals surface area (Å²) in [6, 6.07) is 9.63. The zero-order valence-electron chi connectivity index (χ0n) is 16.6. The largest absolute Gasteiger partial charge is 0.463 e. The summed E-state index contributed by atoms with van der Waals surface area (Å²) < 4.78 is 20.1. The molecule has 2 aromatic carbocycles. The Morgan fingerprint density at radius 2 is 1.65 bits per heavy atom. The molecule has 0 radical (unpaired) electrons. The highest BCUT2D eigenvalue weighted by molar-refractivity contribution is 5.96. The first-order chi connectivity index (χ1) is 14.8. The number of ether oxygens (including phenoxy) is 3. The summed E-state index contributed by atoms with van der Waals surface area (Å²) in [4.78, 5) is 46.4. The number of carbonyl (C=O) groups is 3. The van der Waals surface area contributed by atoms with Crippen LogP contribution in [0.15, 0.2) is 46.9 Å². The average Bonchev–Trinajstić information content (AvgIpc) is 3.20. The van der Waals surface area contributed by atoms with E-state index in [4.69, 9.17) is 13.9 Å². The molecule has 3 rings (SSSR count). The van der Waals surface area contributed by atoms with Crippen LogP contribution in [0, 0.1) is 10.1 Å². The summed E-state index contributed by atoms with van der Waals surface area (Å²) in [5.74, 6) is -2.22. The van der Waals surface area contributed by atoms with Crippen molar-refractivity contribution in [2.45, 2.75) is 13.5 Å². The molecule has 0 aliphatic rings. The molecule has 0 atom stereocenters. The number of nitro benzene ring substituents is 1. The number of furan rings is 1. The number of carbonyl (C=O) groups excluding carboxylic acids is 3. The Morgan fingerprint density at radius 1 is 0.968 bits per heavy atom. The van der Waals surface area contributed by atoms with Crippen molar-refractivity contribution in [2.75, 3.05) is 13.7 Å². The molecule has 1 aromatic heterocycles. The van der Waals surface area contributed by atoms with Gasteiger partial charge in [0.2, 0.25) is 5.76 Å². The molecule has 160 valence electrons. The fourth-order valence-corrected chi connectivity index (χ4v) is 2.78. The minimum atomic E-state index is -0.850. The number of fused-ring (bicyclic) bond motifs is 1. The van der Waals surface area contributed by atoms with E-state index in [-0.39, 0.29) is 30.1 Å². The highest BCUT2D eigenvalue weighted by atomic mass is 16.6. The lowest BCUT2D eigenvalue weighted by atomic mass is 10.1. The van der Waals surface area contributed by atoms with Gasteiger partial charge in [-0.25, -0.2) is 14.4 Å². The van der Waals surface area contributed by atoms with Crippen molar-refractivity contribution in [3.63, 3.8) is 0 Å². The maximum atomic E-state index is 12.4. The van der Waals surface area contributed by atoms with Crippen LogP contribution in [0.3, 0.4) is 0 Å². The highest BCUT2D eigenvalue weighted by Crippen LogP contribution is 2.23. The van der Waals surface area contributed by atoms with Crippen molar-refractivity contribution in [3.05, 3.63) is 75.0 Å². The fraction of sp³-hybridized carbons (Fsp3) is 0.190. The van der Waals surface area contributed by atoms with Gasteiger partial charge in [0.25, 0.3) is 5.69 Å². The molecule has 1 heterocycles. The van der Waals surface area contributed by atoms with Crippen LogP contribution in [-0.4, -0.2) is 36.5 Å². The van der Waals surface area contributed by atoms with Crippen LogP contribution in [-0.2, 0) is 20.8 Å². The van der Waals surface area contributed by atoms with Gasteiger partial charge in [-0.05, 0) is 36.8 Å².